The number of alkyl halides is 1. The second-order valence-electron chi connectivity index (χ2n) is 5.28. The van der Waals surface area contributed by atoms with Gasteiger partial charge in [0.15, 0.2) is 11.5 Å². The highest BCUT2D eigenvalue weighted by Crippen LogP contribution is 2.39. The molecule has 0 bridgehead atoms. The van der Waals surface area contributed by atoms with Gasteiger partial charge in [0.1, 0.15) is 0 Å². The molecule has 1 aliphatic carbocycles. The van der Waals surface area contributed by atoms with Gasteiger partial charge >= 0.3 is 0 Å². The largest absolute Gasteiger partial charge is 0.493 e. The summed E-state index contributed by atoms with van der Waals surface area (Å²) in [4.78, 5) is 0. The van der Waals surface area contributed by atoms with Crippen LogP contribution < -0.4 is 14.2 Å². The van der Waals surface area contributed by atoms with Crippen LogP contribution in [0.15, 0.2) is 12.1 Å². The minimum atomic E-state index is 0.426. The van der Waals surface area contributed by atoms with Crippen molar-refractivity contribution in [1.29, 1.82) is 0 Å². The number of halogens is 1. The zero-order valence-electron chi connectivity index (χ0n) is 12.3. The average molecular weight is 299 g/mol. The number of ether oxygens (including phenoxy) is 3. The average Bonchev–Trinajstić information content (AvgIpc) is 2.52. The SMILES string of the molecule is COc1cc(CCl)cc(OC)c1OCC1CCCCC1. The van der Waals surface area contributed by atoms with Crippen molar-refractivity contribution in [3.63, 3.8) is 0 Å². The van der Waals surface area contributed by atoms with E-state index in [1.54, 1.807) is 14.2 Å². The van der Waals surface area contributed by atoms with Crippen molar-refractivity contribution in [3.05, 3.63) is 17.7 Å². The lowest BCUT2D eigenvalue weighted by atomic mass is 9.90. The first-order valence-electron chi connectivity index (χ1n) is 7.22. The summed E-state index contributed by atoms with van der Waals surface area (Å²) >= 11 is 5.88. The first-order chi connectivity index (χ1) is 9.78. The second kappa shape index (κ2) is 7.63. The van der Waals surface area contributed by atoms with Crippen LogP contribution in [0.2, 0.25) is 0 Å². The van der Waals surface area contributed by atoms with Crippen molar-refractivity contribution in [3.8, 4) is 17.2 Å². The Labute approximate surface area is 126 Å². The first-order valence-corrected chi connectivity index (χ1v) is 7.75. The molecule has 0 radical (unpaired) electrons. The highest BCUT2D eigenvalue weighted by Gasteiger charge is 2.18. The minimum absolute atomic E-state index is 0.426. The second-order valence-corrected chi connectivity index (χ2v) is 5.55. The van der Waals surface area contributed by atoms with Crippen molar-refractivity contribution >= 4 is 11.6 Å². The Morgan fingerprint density at radius 2 is 1.65 bits per heavy atom. The Balaban J connectivity index is 2.11. The molecule has 0 amide bonds. The fourth-order valence-electron chi connectivity index (χ4n) is 2.71. The summed E-state index contributed by atoms with van der Waals surface area (Å²) < 4.78 is 16.8. The third-order valence-electron chi connectivity index (χ3n) is 3.86. The lowest BCUT2D eigenvalue weighted by Crippen LogP contribution is -2.16. The molecular formula is C16H23ClO3. The molecule has 0 unspecified atom stereocenters. The molecule has 0 aliphatic heterocycles. The molecule has 0 aromatic heterocycles. The molecular weight excluding hydrogens is 276 g/mol. The molecule has 0 N–H and O–H groups in total. The van der Waals surface area contributed by atoms with E-state index in [2.05, 4.69) is 0 Å². The Morgan fingerprint density at radius 3 is 2.15 bits per heavy atom. The fraction of sp³-hybridized carbons (Fsp3) is 0.625. The summed E-state index contributed by atoms with van der Waals surface area (Å²) in [7, 11) is 3.28. The third kappa shape index (κ3) is 3.72. The van der Waals surface area contributed by atoms with Gasteiger partial charge in [-0.25, -0.2) is 0 Å². The van der Waals surface area contributed by atoms with E-state index < -0.39 is 0 Å². The van der Waals surface area contributed by atoms with Crippen LogP contribution in [0, 0.1) is 5.92 Å². The first kappa shape index (κ1) is 15.3. The van der Waals surface area contributed by atoms with Gasteiger partial charge < -0.3 is 14.2 Å². The van der Waals surface area contributed by atoms with Crippen molar-refractivity contribution in [2.75, 3.05) is 20.8 Å². The number of hydrogen-bond donors (Lipinski definition) is 0. The van der Waals surface area contributed by atoms with E-state index in [-0.39, 0.29) is 0 Å². The summed E-state index contributed by atoms with van der Waals surface area (Å²) in [6, 6.07) is 3.82. The number of hydrogen-bond acceptors (Lipinski definition) is 3. The molecule has 3 nitrogen and oxygen atoms in total. The zero-order valence-corrected chi connectivity index (χ0v) is 13.0. The van der Waals surface area contributed by atoms with E-state index in [1.165, 1.54) is 32.1 Å². The van der Waals surface area contributed by atoms with Gasteiger partial charge in [0, 0.05) is 5.88 Å². The predicted molar refractivity (Wildman–Crippen MR) is 81.2 cm³/mol. The fourth-order valence-corrected chi connectivity index (χ4v) is 2.86. The van der Waals surface area contributed by atoms with E-state index in [0.717, 1.165) is 12.2 Å². The molecule has 2 rings (SSSR count). The van der Waals surface area contributed by atoms with Gasteiger partial charge in [-0.15, -0.1) is 11.6 Å². The molecule has 0 spiro atoms. The van der Waals surface area contributed by atoms with Gasteiger partial charge in [0.25, 0.3) is 0 Å². The molecule has 0 heterocycles. The molecule has 20 heavy (non-hydrogen) atoms. The van der Waals surface area contributed by atoms with Crippen LogP contribution in [0.1, 0.15) is 37.7 Å². The maximum Gasteiger partial charge on any atom is 0.203 e. The zero-order chi connectivity index (χ0) is 14.4. The van der Waals surface area contributed by atoms with Gasteiger partial charge in [0.2, 0.25) is 5.75 Å². The Morgan fingerprint density at radius 1 is 1.05 bits per heavy atom. The lowest BCUT2D eigenvalue weighted by Gasteiger charge is -2.23. The van der Waals surface area contributed by atoms with Crippen LogP contribution in [-0.2, 0) is 5.88 Å². The quantitative estimate of drug-likeness (QED) is 0.729. The van der Waals surface area contributed by atoms with Gasteiger partial charge in [-0.3, -0.25) is 0 Å². The molecule has 1 aliphatic rings. The smallest absolute Gasteiger partial charge is 0.203 e. The molecule has 0 atom stereocenters. The van der Waals surface area contributed by atoms with Crippen LogP contribution in [0.5, 0.6) is 17.2 Å². The van der Waals surface area contributed by atoms with Crippen LogP contribution in [0.25, 0.3) is 0 Å². The summed E-state index contributed by atoms with van der Waals surface area (Å²) in [6.45, 7) is 0.729. The predicted octanol–water partition coefficient (Wildman–Crippen LogP) is 4.40. The molecule has 1 fully saturated rings. The molecule has 112 valence electrons. The van der Waals surface area contributed by atoms with Gasteiger partial charge in [-0.2, -0.15) is 0 Å². The topological polar surface area (TPSA) is 27.7 Å². The van der Waals surface area contributed by atoms with E-state index in [0.29, 0.717) is 29.0 Å². The lowest BCUT2D eigenvalue weighted by molar-refractivity contribution is 0.195. The maximum absolute atomic E-state index is 6.00. The Hall–Kier alpha value is -1.09. The molecule has 1 saturated carbocycles. The summed E-state index contributed by atoms with van der Waals surface area (Å²) in [6.07, 6.45) is 6.49. The minimum Gasteiger partial charge on any atom is -0.493 e. The number of benzene rings is 1. The summed E-state index contributed by atoms with van der Waals surface area (Å²) in [5.41, 5.74) is 0.963. The maximum atomic E-state index is 6.00. The monoisotopic (exact) mass is 298 g/mol. The standard InChI is InChI=1S/C16H23ClO3/c1-18-14-8-13(10-17)9-15(19-2)16(14)20-11-12-6-4-3-5-7-12/h8-9,12H,3-7,10-11H2,1-2H3. The number of rotatable bonds is 6. The van der Waals surface area contributed by atoms with Crippen LogP contribution in [0.4, 0.5) is 0 Å². The molecule has 1 aromatic rings. The normalized spacial score (nSPS) is 15.9. The van der Waals surface area contributed by atoms with Gasteiger partial charge in [-0.1, -0.05) is 19.3 Å². The molecule has 4 heteroatoms. The molecule has 0 saturated heterocycles. The highest BCUT2D eigenvalue weighted by molar-refractivity contribution is 6.17. The van der Waals surface area contributed by atoms with E-state index in [9.17, 15) is 0 Å². The summed E-state index contributed by atoms with van der Waals surface area (Å²) in [5.74, 6) is 3.14. The van der Waals surface area contributed by atoms with E-state index in [1.807, 2.05) is 12.1 Å². The van der Waals surface area contributed by atoms with Gasteiger partial charge in [-0.05, 0) is 36.5 Å². The third-order valence-corrected chi connectivity index (χ3v) is 4.17. The van der Waals surface area contributed by atoms with Crippen molar-refractivity contribution in [2.45, 2.75) is 38.0 Å². The van der Waals surface area contributed by atoms with Gasteiger partial charge in [0.05, 0.1) is 20.8 Å². The van der Waals surface area contributed by atoms with Crippen LogP contribution in [-0.4, -0.2) is 20.8 Å². The number of methoxy groups -OCH3 is 2. The van der Waals surface area contributed by atoms with Crippen LogP contribution >= 0.6 is 11.6 Å². The summed E-state index contributed by atoms with van der Waals surface area (Å²) in [5, 5.41) is 0. The molecule has 1 aromatic carbocycles. The van der Waals surface area contributed by atoms with E-state index in [4.69, 9.17) is 25.8 Å². The Bertz CT molecular complexity index is 403. The van der Waals surface area contributed by atoms with Crippen LogP contribution in [0.3, 0.4) is 0 Å². The van der Waals surface area contributed by atoms with Crippen molar-refractivity contribution in [2.24, 2.45) is 5.92 Å². The van der Waals surface area contributed by atoms with Crippen molar-refractivity contribution < 1.29 is 14.2 Å². The Kier molecular flexibility index (Phi) is 5.84. The van der Waals surface area contributed by atoms with Crippen molar-refractivity contribution in [1.82, 2.24) is 0 Å². The highest BCUT2D eigenvalue weighted by atomic mass is 35.5. The van der Waals surface area contributed by atoms with E-state index >= 15 is 0 Å².